The molecule has 0 unspecified atom stereocenters. The van der Waals surface area contributed by atoms with Gasteiger partial charge >= 0.3 is 0 Å². The van der Waals surface area contributed by atoms with E-state index in [1.54, 1.807) is 20.8 Å². The van der Waals surface area contributed by atoms with Crippen LogP contribution in [0.15, 0.2) is 23.1 Å². The molecule has 1 aromatic rings. The molecule has 0 saturated heterocycles. The highest BCUT2D eigenvalue weighted by molar-refractivity contribution is 7.89. The average molecular weight is 395 g/mol. The summed E-state index contributed by atoms with van der Waals surface area (Å²) in [6.45, 7) is 5.21. The molecular formula is C15H26N2O6S2. The summed E-state index contributed by atoms with van der Waals surface area (Å²) in [4.78, 5) is 0.00631. The summed E-state index contributed by atoms with van der Waals surface area (Å²) in [5, 5.41) is 0. The first-order valence-electron chi connectivity index (χ1n) is 7.52. The van der Waals surface area contributed by atoms with E-state index in [-0.39, 0.29) is 23.7 Å². The summed E-state index contributed by atoms with van der Waals surface area (Å²) in [6, 6.07) is 4.23. The predicted octanol–water partition coefficient (Wildman–Crippen LogP) is 1.04. The molecule has 0 aromatic heterocycles. The van der Waals surface area contributed by atoms with E-state index in [2.05, 4.69) is 4.72 Å². The monoisotopic (exact) mass is 394 g/mol. The van der Waals surface area contributed by atoms with Crippen LogP contribution in [0.3, 0.4) is 0 Å². The third kappa shape index (κ3) is 5.84. The molecule has 0 fully saturated rings. The van der Waals surface area contributed by atoms with Gasteiger partial charge in [0.05, 0.1) is 25.4 Å². The second-order valence-electron chi connectivity index (χ2n) is 6.42. The zero-order valence-corrected chi connectivity index (χ0v) is 17.0. The topological polar surface area (TPSA) is 102 Å². The maximum Gasteiger partial charge on any atom is 0.240 e. The number of nitrogens with zero attached hydrogens (tertiary/aromatic N) is 1. The Bertz CT molecular complexity index is 798. The van der Waals surface area contributed by atoms with Crippen molar-refractivity contribution in [2.75, 3.05) is 33.6 Å². The first kappa shape index (κ1) is 21.7. The van der Waals surface area contributed by atoms with Gasteiger partial charge in [-0.2, -0.15) is 4.31 Å². The molecule has 0 amide bonds. The molecule has 1 aromatic carbocycles. The van der Waals surface area contributed by atoms with Crippen LogP contribution in [0.1, 0.15) is 20.8 Å². The minimum absolute atomic E-state index is 0.00631. The molecule has 144 valence electrons. The molecule has 1 rings (SSSR count). The van der Waals surface area contributed by atoms with Crippen LogP contribution in [0, 0.1) is 0 Å². The molecular weight excluding hydrogens is 368 g/mol. The molecule has 0 heterocycles. The van der Waals surface area contributed by atoms with Gasteiger partial charge in [-0.3, -0.25) is 0 Å². The van der Waals surface area contributed by atoms with Crippen molar-refractivity contribution in [2.24, 2.45) is 0 Å². The Labute approximate surface area is 150 Å². The Morgan fingerprint density at radius 3 is 2.04 bits per heavy atom. The lowest BCUT2D eigenvalue weighted by Crippen LogP contribution is -2.48. The van der Waals surface area contributed by atoms with E-state index in [9.17, 15) is 16.8 Å². The first-order chi connectivity index (χ1) is 11.3. The van der Waals surface area contributed by atoms with Gasteiger partial charge in [0.15, 0.2) is 11.5 Å². The quantitative estimate of drug-likeness (QED) is 0.707. The summed E-state index contributed by atoms with van der Waals surface area (Å²) < 4.78 is 62.4. The van der Waals surface area contributed by atoms with Crippen LogP contribution in [-0.2, 0) is 20.0 Å². The number of hydrogen-bond donors (Lipinski definition) is 1. The van der Waals surface area contributed by atoms with Crippen molar-refractivity contribution in [3.05, 3.63) is 18.2 Å². The van der Waals surface area contributed by atoms with Crippen molar-refractivity contribution in [3.63, 3.8) is 0 Å². The second kappa shape index (κ2) is 7.90. The van der Waals surface area contributed by atoms with Crippen molar-refractivity contribution in [1.82, 2.24) is 9.03 Å². The number of sulfonamides is 2. The van der Waals surface area contributed by atoms with E-state index in [0.717, 1.165) is 6.26 Å². The minimum Gasteiger partial charge on any atom is -0.493 e. The van der Waals surface area contributed by atoms with Crippen LogP contribution in [0.4, 0.5) is 0 Å². The molecule has 0 radical (unpaired) electrons. The molecule has 0 saturated carbocycles. The van der Waals surface area contributed by atoms with Gasteiger partial charge < -0.3 is 9.47 Å². The van der Waals surface area contributed by atoms with Crippen molar-refractivity contribution >= 4 is 20.0 Å². The molecule has 0 atom stereocenters. The first-order valence-corrected chi connectivity index (χ1v) is 10.9. The smallest absolute Gasteiger partial charge is 0.240 e. The molecule has 0 aliphatic rings. The molecule has 0 bridgehead atoms. The van der Waals surface area contributed by atoms with E-state index in [4.69, 9.17) is 9.47 Å². The predicted molar refractivity (Wildman–Crippen MR) is 96.0 cm³/mol. The highest BCUT2D eigenvalue weighted by atomic mass is 32.2. The van der Waals surface area contributed by atoms with Crippen molar-refractivity contribution in [3.8, 4) is 11.5 Å². The van der Waals surface area contributed by atoms with E-state index in [1.165, 1.54) is 36.7 Å². The Kier molecular flexibility index (Phi) is 6.85. The van der Waals surface area contributed by atoms with Crippen molar-refractivity contribution in [2.45, 2.75) is 31.2 Å². The third-order valence-electron chi connectivity index (χ3n) is 3.42. The summed E-state index contributed by atoms with van der Waals surface area (Å²) in [5.74, 6) is 0.704. The SMILES string of the molecule is COc1ccc(S(=O)(=O)NCCN(C(C)(C)C)S(C)(=O)=O)cc1OC. The Morgan fingerprint density at radius 1 is 1.04 bits per heavy atom. The lowest BCUT2D eigenvalue weighted by Gasteiger charge is -2.33. The average Bonchev–Trinajstić information content (AvgIpc) is 2.48. The number of hydrogen-bond acceptors (Lipinski definition) is 6. The van der Waals surface area contributed by atoms with Crippen molar-refractivity contribution in [1.29, 1.82) is 0 Å². The molecule has 8 nitrogen and oxygen atoms in total. The van der Waals surface area contributed by atoms with Crippen molar-refractivity contribution < 1.29 is 26.3 Å². The van der Waals surface area contributed by atoms with E-state index >= 15 is 0 Å². The zero-order valence-electron chi connectivity index (χ0n) is 15.4. The van der Waals surface area contributed by atoms with Crippen LogP contribution in [0.5, 0.6) is 11.5 Å². The van der Waals surface area contributed by atoms with E-state index < -0.39 is 25.6 Å². The van der Waals surface area contributed by atoms with Gasteiger partial charge in [-0.15, -0.1) is 0 Å². The molecule has 0 aliphatic heterocycles. The highest BCUT2D eigenvalue weighted by Gasteiger charge is 2.29. The minimum atomic E-state index is -3.81. The summed E-state index contributed by atoms with van der Waals surface area (Å²) in [7, 11) is -4.41. The van der Waals surface area contributed by atoms with Gasteiger partial charge in [0.2, 0.25) is 20.0 Å². The summed E-state index contributed by atoms with van der Waals surface area (Å²) in [5.41, 5.74) is -0.650. The van der Waals surface area contributed by atoms with Gasteiger partial charge in [-0.05, 0) is 32.9 Å². The van der Waals surface area contributed by atoms with Gasteiger partial charge in [0.1, 0.15) is 0 Å². The molecule has 10 heteroatoms. The highest BCUT2D eigenvalue weighted by Crippen LogP contribution is 2.29. The van der Waals surface area contributed by atoms with Gasteiger partial charge in [0.25, 0.3) is 0 Å². The lowest BCUT2D eigenvalue weighted by molar-refractivity contribution is 0.254. The fraction of sp³-hybridized carbons (Fsp3) is 0.600. The molecule has 25 heavy (non-hydrogen) atoms. The number of rotatable bonds is 8. The normalized spacial score (nSPS) is 13.1. The van der Waals surface area contributed by atoms with Gasteiger partial charge in [0, 0.05) is 24.7 Å². The zero-order chi connectivity index (χ0) is 19.5. The van der Waals surface area contributed by atoms with Crippen LogP contribution < -0.4 is 14.2 Å². The number of benzene rings is 1. The standard InChI is InChI=1S/C15H26N2O6S2/c1-15(2,3)17(24(6,18)19)10-9-16-25(20,21)12-7-8-13(22-4)14(11-12)23-5/h7-8,11,16H,9-10H2,1-6H3. The molecule has 1 N–H and O–H groups in total. The molecule has 0 spiro atoms. The largest absolute Gasteiger partial charge is 0.493 e. The number of methoxy groups -OCH3 is 2. The van der Waals surface area contributed by atoms with E-state index in [0.29, 0.717) is 5.75 Å². The fourth-order valence-corrected chi connectivity index (χ4v) is 4.80. The van der Waals surface area contributed by atoms with Crippen LogP contribution in [0.25, 0.3) is 0 Å². The fourth-order valence-electron chi connectivity index (χ4n) is 2.35. The maximum atomic E-state index is 12.4. The van der Waals surface area contributed by atoms with Crippen LogP contribution >= 0.6 is 0 Å². The Hall–Kier alpha value is -1.36. The third-order valence-corrected chi connectivity index (χ3v) is 6.41. The van der Waals surface area contributed by atoms with Crippen LogP contribution in [0.2, 0.25) is 0 Å². The Morgan fingerprint density at radius 2 is 1.60 bits per heavy atom. The van der Waals surface area contributed by atoms with E-state index in [1.807, 2.05) is 0 Å². The lowest BCUT2D eigenvalue weighted by atomic mass is 10.1. The summed E-state index contributed by atoms with van der Waals surface area (Å²) in [6.07, 6.45) is 1.10. The van der Waals surface area contributed by atoms with Crippen LogP contribution in [-0.4, -0.2) is 60.2 Å². The maximum absolute atomic E-state index is 12.4. The summed E-state index contributed by atoms with van der Waals surface area (Å²) >= 11 is 0. The number of ether oxygens (including phenoxy) is 2. The number of nitrogens with one attached hydrogen (secondary N) is 1. The Balaban J connectivity index is 2.92. The van der Waals surface area contributed by atoms with Gasteiger partial charge in [-0.1, -0.05) is 0 Å². The van der Waals surface area contributed by atoms with Gasteiger partial charge in [-0.25, -0.2) is 21.6 Å². The molecule has 0 aliphatic carbocycles. The second-order valence-corrected chi connectivity index (χ2v) is 10.1.